The first-order valence-electron chi connectivity index (χ1n) is 6.34. The topological polar surface area (TPSA) is 54.1 Å². The number of aromatic nitrogens is 1. The molecule has 0 saturated heterocycles. The summed E-state index contributed by atoms with van der Waals surface area (Å²) >= 11 is 0. The summed E-state index contributed by atoms with van der Waals surface area (Å²) in [5.41, 5.74) is 1.50. The number of esters is 1. The van der Waals surface area contributed by atoms with Crippen molar-refractivity contribution in [3.05, 3.63) is 36.0 Å². The standard InChI is InChI=1S/C15H20N2O2/c1-15(2,14(18)19-4)13(16-3)11-9-17-12-8-6-5-7-10(11)12/h5-9,13,16-17H,1-4H3. The second-order valence-corrected chi connectivity index (χ2v) is 5.22. The fraction of sp³-hybridized carbons (Fsp3) is 0.400. The Kier molecular flexibility index (Phi) is 3.62. The summed E-state index contributed by atoms with van der Waals surface area (Å²) in [6.45, 7) is 3.78. The van der Waals surface area contributed by atoms with Crippen LogP contribution in [0.1, 0.15) is 25.5 Å². The molecule has 0 amide bonds. The van der Waals surface area contributed by atoms with Crippen molar-refractivity contribution in [3.63, 3.8) is 0 Å². The third kappa shape index (κ3) is 2.24. The number of carbonyl (C=O) groups is 1. The van der Waals surface area contributed by atoms with E-state index in [1.54, 1.807) is 0 Å². The number of H-pyrrole nitrogens is 1. The molecule has 0 spiro atoms. The Balaban J connectivity index is 2.50. The van der Waals surface area contributed by atoms with Gasteiger partial charge in [0.1, 0.15) is 0 Å². The third-order valence-corrected chi connectivity index (χ3v) is 3.65. The highest BCUT2D eigenvalue weighted by Gasteiger charge is 2.39. The van der Waals surface area contributed by atoms with Crippen LogP contribution in [-0.4, -0.2) is 25.1 Å². The van der Waals surface area contributed by atoms with Crippen LogP contribution in [0, 0.1) is 5.41 Å². The van der Waals surface area contributed by atoms with Gasteiger partial charge in [0.2, 0.25) is 0 Å². The van der Waals surface area contributed by atoms with E-state index in [-0.39, 0.29) is 12.0 Å². The molecule has 0 aliphatic carbocycles. The second-order valence-electron chi connectivity index (χ2n) is 5.22. The molecule has 0 aliphatic heterocycles. The van der Waals surface area contributed by atoms with Crippen LogP contribution in [0.15, 0.2) is 30.5 Å². The van der Waals surface area contributed by atoms with Crippen molar-refractivity contribution in [2.45, 2.75) is 19.9 Å². The Morgan fingerprint density at radius 1 is 1.37 bits per heavy atom. The van der Waals surface area contributed by atoms with Crippen LogP contribution < -0.4 is 5.32 Å². The first kappa shape index (κ1) is 13.6. The molecule has 0 bridgehead atoms. The maximum absolute atomic E-state index is 12.0. The van der Waals surface area contributed by atoms with Crippen LogP contribution in [0.5, 0.6) is 0 Å². The number of para-hydroxylation sites is 1. The lowest BCUT2D eigenvalue weighted by Gasteiger charge is -2.31. The molecule has 2 rings (SSSR count). The maximum atomic E-state index is 12.0. The zero-order valence-electron chi connectivity index (χ0n) is 11.8. The number of ether oxygens (including phenoxy) is 1. The van der Waals surface area contributed by atoms with Crippen molar-refractivity contribution < 1.29 is 9.53 Å². The number of rotatable bonds is 4. The van der Waals surface area contributed by atoms with E-state index in [0.717, 1.165) is 16.5 Å². The van der Waals surface area contributed by atoms with E-state index in [1.165, 1.54) is 7.11 Å². The van der Waals surface area contributed by atoms with Gasteiger partial charge in [0.25, 0.3) is 0 Å². The van der Waals surface area contributed by atoms with Gasteiger partial charge in [0.05, 0.1) is 12.5 Å². The Hall–Kier alpha value is -1.81. The fourth-order valence-electron chi connectivity index (χ4n) is 2.62. The number of nitrogens with one attached hydrogen (secondary N) is 2. The molecule has 2 aromatic rings. The fourth-order valence-corrected chi connectivity index (χ4v) is 2.62. The highest BCUT2D eigenvalue weighted by molar-refractivity contribution is 5.85. The van der Waals surface area contributed by atoms with E-state index >= 15 is 0 Å². The molecule has 0 fully saturated rings. The zero-order chi connectivity index (χ0) is 14.0. The summed E-state index contributed by atoms with van der Waals surface area (Å²) in [6.07, 6.45) is 1.95. The van der Waals surface area contributed by atoms with Gasteiger partial charge >= 0.3 is 5.97 Å². The van der Waals surface area contributed by atoms with Crippen LogP contribution in [0.25, 0.3) is 10.9 Å². The Morgan fingerprint density at radius 2 is 2.05 bits per heavy atom. The lowest BCUT2D eigenvalue weighted by Crippen LogP contribution is -2.39. The van der Waals surface area contributed by atoms with Gasteiger partial charge in [0.15, 0.2) is 0 Å². The summed E-state index contributed by atoms with van der Waals surface area (Å²) in [7, 11) is 3.28. The highest BCUT2D eigenvalue weighted by atomic mass is 16.5. The van der Waals surface area contributed by atoms with Gasteiger partial charge in [-0.1, -0.05) is 18.2 Å². The van der Waals surface area contributed by atoms with Crippen LogP contribution in [0.3, 0.4) is 0 Å². The first-order valence-corrected chi connectivity index (χ1v) is 6.34. The minimum atomic E-state index is -0.644. The van der Waals surface area contributed by atoms with Crippen LogP contribution in [0.4, 0.5) is 0 Å². The Bertz CT molecular complexity index is 587. The number of hydrogen-bond donors (Lipinski definition) is 2. The van der Waals surface area contributed by atoms with Crippen molar-refractivity contribution >= 4 is 16.9 Å². The van der Waals surface area contributed by atoms with Gasteiger partial charge < -0.3 is 15.0 Å². The molecular formula is C15H20N2O2. The smallest absolute Gasteiger partial charge is 0.313 e. The molecule has 1 heterocycles. The molecular weight excluding hydrogens is 240 g/mol. The highest BCUT2D eigenvalue weighted by Crippen LogP contribution is 2.37. The predicted molar refractivity (Wildman–Crippen MR) is 75.9 cm³/mol. The average Bonchev–Trinajstić information content (AvgIpc) is 2.82. The van der Waals surface area contributed by atoms with Gasteiger partial charge in [-0.05, 0) is 32.5 Å². The predicted octanol–water partition coefficient (Wildman–Crippen LogP) is 2.63. The number of hydrogen-bond acceptors (Lipinski definition) is 3. The van der Waals surface area contributed by atoms with E-state index < -0.39 is 5.41 Å². The summed E-state index contributed by atoms with van der Waals surface area (Å²) in [4.78, 5) is 15.2. The molecule has 0 aliphatic rings. The molecule has 2 N–H and O–H groups in total. The minimum absolute atomic E-state index is 0.115. The van der Waals surface area contributed by atoms with Gasteiger partial charge in [0, 0.05) is 23.1 Å². The minimum Gasteiger partial charge on any atom is -0.469 e. The number of aromatic amines is 1. The van der Waals surface area contributed by atoms with Gasteiger partial charge in [-0.3, -0.25) is 4.79 Å². The molecule has 0 saturated carbocycles. The van der Waals surface area contributed by atoms with E-state index in [0.29, 0.717) is 0 Å². The molecule has 1 unspecified atom stereocenters. The maximum Gasteiger partial charge on any atom is 0.313 e. The number of benzene rings is 1. The summed E-state index contributed by atoms with van der Waals surface area (Å²) in [5.74, 6) is -0.225. The van der Waals surface area contributed by atoms with Crippen LogP contribution in [-0.2, 0) is 9.53 Å². The van der Waals surface area contributed by atoms with E-state index in [9.17, 15) is 4.79 Å². The van der Waals surface area contributed by atoms with E-state index in [2.05, 4.69) is 16.4 Å². The van der Waals surface area contributed by atoms with Crippen molar-refractivity contribution in [3.8, 4) is 0 Å². The summed E-state index contributed by atoms with van der Waals surface area (Å²) < 4.78 is 4.92. The van der Waals surface area contributed by atoms with Crippen LogP contribution >= 0.6 is 0 Å². The van der Waals surface area contributed by atoms with Crippen LogP contribution in [0.2, 0.25) is 0 Å². The third-order valence-electron chi connectivity index (χ3n) is 3.65. The quantitative estimate of drug-likeness (QED) is 0.831. The molecule has 1 aromatic carbocycles. The molecule has 19 heavy (non-hydrogen) atoms. The lowest BCUT2D eigenvalue weighted by atomic mass is 9.80. The van der Waals surface area contributed by atoms with E-state index in [1.807, 2.05) is 45.3 Å². The largest absolute Gasteiger partial charge is 0.469 e. The van der Waals surface area contributed by atoms with Gasteiger partial charge in [-0.2, -0.15) is 0 Å². The number of carbonyl (C=O) groups excluding carboxylic acids is 1. The number of fused-ring (bicyclic) bond motifs is 1. The van der Waals surface area contributed by atoms with Crippen molar-refractivity contribution in [2.24, 2.45) is 5.41 Å². The second kappa shape index (κ2) is 5.05. The normalized spacial score (nSPS) is 13.5. The van der Waals surface area contributed by atoms with Crippen molar-refractivity contribution in [1.82, 2.24) is 10.3 Å². The molecule has 4 nitrogen and oxygen atoms in total. The Labute approximate surface area is 113 Å². The summed E-state index contributed by atoms with van der Waals surface area (Å²) in [6, 6.07) is 7.95. The zero-order valence-corrected chi connectivity index (χ0v) is 11.8. The van der Waals surface area contributed by atoms with Gasteiger partial charge in [-0.15, -0.1) is 0 Å². The van der Waals surface area contributed by atoms with Gasteiger partial charge in [-0.25, -0.2) is 0 Å². The molecule has 1 aromatic heterocycles. The summed E-state index contributed by atoms with van der Waals surface area (Å²) in [5, 5.41) is 4.36. The van der Waals surface area contributed by atoms with E-state index in [4.69, 9.17) is 4.74 Å². The monoisotopic (exact) mass is 260 g/mol. The SMILES string of the molecule is CNC(c1c[nH]c2ccccc12)C(C)(C)C(=O)OC. The lowest BCUT2D eigenvalue weighted by molar-refractivity contribution is -0.152. The van der Waals surface area contributed by atoms with Crippen molar-refractivity contribution in [2.75, 3.05) is 14.2 Å². The number of methoxy groups -OCH3 is 1. The van der Waals surface area contributed by atoms with Crippen molar-refractivity contribution in [1.29, 1.82) is 0 Å². The molecule has 4 heteroatoms. The average molecular weight is 260 g/mol. The molecule has 102 valence electrons. The molecule has 0 radical (unpaired) electrons. The Morgan fingerprint density at radius 3 is 2.68 bits per heavy atom. The molecule has 1 atom stereocenters. The first-order chi connectivity index (χ1) is 9.02.